The number of morpholine rings is 1. The lowest BCUT2D eigenvalue weighted by molar-refractivity contribution is 0.122. The van der Waals surface area contributed by atoms with E-state index in [-0.39, 0.29) is 0 Å². The van der Waals surface area contributed by atoms with Crippen molar-refractivity contribution in [3.63, 3.8) is 0 Å². The summed E-state index contributed by atoms with van der Waals surface area (Å²) in [5.74, 6) is 1.71. The summed E-state index contributed by atoms with van der Waals surface area (Å²) in [6, 6.07) is 0. The lowest BCUT2D eigenvalue weighted by Crippen LogP contribution is -2.37. The van der Waals surface area contributed by atoms with Crippen LogP contribution < -0.4 is 4.90 Å². The van der Waals surface area contributed by atoms with Crippen LogP contribution in [0, 0.1) is 0 Å². The first-order valence-electron chi connectivity index (χ1n) is 8.77. The van der Waals surface area contributed by atoms with Gasteiger partial charge in [-0.25, -0.2) is 15.0 Å². The SMILES string of the molecule is CN(Cc1cnn(C)c1)Cc1nc(N2CCOCC2)c2ncn(C)c2n1. The largest absolute Gasteiger partial charge is 0.378 e. The third-order valence-corrected chi connectivity index (χ3v) is 4.52. The first-order valence-corrected chi connectivity index (χ1v) is 8.77. The van der Waals surface area contributed by atoms with Gasteiger partial charge >= 0.3 is 0 Å². The Morgan fingerprint density at radius 1 is 1.15 bits per heavy atom. The Morgan fingerprint density at radius 3 is 2.69 bits per heavy atom. The van der Waals surface area contributed by atoms with Gasteiger partial charge in [-0.15, -0.1) is 0 Å². The molecule has 1 saturated heterocycles. The van der Waals surface area contributed by atoms with Gasteiger partial charge in [-0.05, 0) is 7.05 Å². The average molecular weight is 356 g/mol. The fourth-order valence-electron chi connectivity index (χ4n) is 3.26. The second kappa shape index (κ2) is 7.00. The summed E-state index contributed by atoms with van der Waals surface area (Å²) in [6.45, 7) is 4.55. The highest BCUT2D eigenvalue weighted by molar-refractivity contribution is 5.83. The van der Waals surface area contributed by atoms with Crippen molar-refractivity contribution in [3.8, 4) is 0 Å². The van der Waals surface area contributed by atoms with Crippen molar-refractivity contribution in [2.24, 2.45) is 14.1 Å². The molecule has 3 aromatic heterocycles. The maximum absolute atomic E-state index is 5.47. The topological polar surface area (TPSA) is 77.1 Å². The molecular formula is C17H24N8O. The molecule has 1 aliphatic heterocycles. The second-order valence-corrected chi connectivity index (χ2v) is 6.79. The molecular weight excluding hydrogens is 332 g/mol. The van der Waals surface area contributed by atoms with Crippen molar-refractivity contribution >= 4 is 17.0 Å². The average Bonchev–Trinajstić information content (AvgIpc) is 3.21. The van der Waals surface area contributed by atoms with E-state index in [2.05, 4.69) is 26.9 Å². The molecule has 0 N–H and O–H groups in total. The number of rotatable bonds is 5. The Hall–Kier alpha value is -2.52. The number of hydrogen-bond acceptors (Lipinski definition) is 7. The van der Waals surface area contributed by atoms with E-state index >= 15 is 0 Å². The number of ether oxygens (including phenoxy) is 1. The number of nitrogens with zero attached hydrogens (tertiary/aromatic N) is 8. The maximum Gasteiger partial charge on any atom is 0.165 e. The Kier molecular flexibility index (Phi) is 4.56. The van der Waals surface area contributed by atoms with Gasteiger partial charge in [0.15, 0.2) is 17.0 Å². The van der Waals surface area contributed by atoms with Crippen molar-refractivity contribution in [1.29, 1.82) is 0 Å². The molecule has 26 heavy (non-hydrogen) atoms. The van der Waals surface area contributed by atoms with Crippen LogP contribution in [0.5, 0.6) is 0 Å². The third-order valence-electron chi connectivity index (χ3n) is 4.52. The Morgan fingerprint density at radius 2 is 1.96 bits per heavy atom. The molecule has 0 saturated carbocycles. The van der Waals surface area contributed by atoms with E-state index in [0.717, 1.165) is 42.4 Å². The summed E-state index contributed by atoms with van der Waals surface area (Å²) in [6.07, 6.45) is 5.72. The summed E-state index contributed by atoms with van der Waals surface area (Å²) < 4.78 is 9.24. The van der Waals surface area contributed by atoms with Crippen LogP contribution >= 0.6 is 0 Å². The van der Waals surface area contributed by atoms with Gasteiger partial charge in [0.1, 0.15) is 5.82 Å². The first-order chi connectivity index (χ1) is 12.6. The molecule has 0 atom stereocenters. The van der Waals surface area contributed by atoms with Gasteiger partial charge in [-0.1, -0.05) is 0 Å². The summed E-state index contributed by atoms with van der Waals surface area (Å²) >= 11 is 0. The van der Waals surface area contributed by atoms with Crippen LogP contribution in [0.4, 0.5) is 5.82 Å². The Labute approximate surface area is 152 Å². The van der Waals surface area contributed by atoms with E-state index in [9.17, 15) is 0 Å². The highest BCUT2D eigenvalue weighted by atomic mass is 16.5. The van der Waals surface area contributed by atoms with E-state index in [1.807, 2.05) is 35.7 Å². The minimum absolute atomic E-state index is 0.660. The summed E-state index contributed by atoms with van der Waals surface area (Å²) in [7, 11) is 5.96. The molecule has 4 rings (SSSR count). The fourth-order valence-corrected chi connectivity index (χ4v) is 3.26. The monoisotopic (exact) mass is 356 g/mol. The van der Waals surface area contributed by atoms with Crippen molar-refractivity contribution in [1.82, 2.24) is 34.2 Å². The quantitative estimate of drug-likeness (QED) is 0.661. The minimum Gasteiger partial charge on any atom is -0.378 e. The van der Waals surface area contributed by atoms with E-state index in [4.69, 9.17) is 14.7 Å². The second-order valence-electron chi connectivity index (χ2n) is 6.79. The molecule has 0 bridgehead atoms. The van der Waals surface area contributed by atoms with Gasteiger partial charge in [-0.3, -0.25) is 9.58 Å². The molecule has 138 valence electrons. The predicted octanol–water partition coefficient (Wildman–Crippen LogP) is 0.565. The molecule has 0 spiro atoms. The Balaban J connectivity index is 1.60. The zero-order valence-corrected chi connectivity index (χ0v) is 15.5. The number of aryl methyl sites for hydroxylation is 2. The molecule has 0 amide bonds. The number of hydrogen-bond donors (Lipinski definition) is 0. The van der Waals surface area contributed by atoms with E-state index in [1.54, 1.807) is 6.33 Å². The van der Waals surface area contributed by atoms with Gasteiger partial charge in [-0.2, -0.15) is 5.10 Å². The summed E-state index contributed by atoms with van der Waals surface area (Å²) in [5, 5.41) is 4.23. The van der Waals surface area contributed by atoms with Crippen molar-refractivity contribution in [3.05, 3.63) is 30.1 Å². The Bertz CT molecular complexity index is 895. The molecule has 0 aliphatic carbocycles. The molecule has 0 radical (unpaired) electrons. The number of imidazole rings is 1. The lowest BCUT2D eigenvalue weighted by Gasteiger charge is -2.28. The molecule has 1 aliphatic rings. The van der Waals surface area contributed by atoms with Crippen LogP contribution in [-0.2, 0) is 31.9 Å². The van der Waals surface area contributed by atoms with Gasteiger partial charge < -0.3 is 14.2 Å². The van der Waals surface area contributed by atoms with Crippen molar-refractivity contribution in [2.45, 2.75) is 13.1 Å². The molecule has 4 heterocycles. The standard InChI is InChI=1S/C17H24N8O/c1-22(9-13-8-19-24(3)10-13)11-14-20-16-15(18-12-23(16)2)17(21-14)25-4-6-26-7-5-25/h8,10,12H,4-7,9,11H2,1-3H3. The van der Waals surface area contributed by atoms with E-state index < -0.39 is 0 Å². The van der Waals surface area contributed by atoms with Crippen LogP contribution in [0.15, 0.2) is 18.7 Å². The number of fused-ring (bicyclic) bond motifs is 1. The molecule has 9 heteroatoms. The summed E-state index contributed by atoms with van der Waals surface area (Å²) in [5.41, 5.74) is 2.89. The highest BCUT2D eigenvalue weighted by Gasteiger charge is 2.20. The lowest BCUT2D eigenvalue weighted by atomic mass is 10.3. The highest BCUT2D eigenvalue weighted by Crippen LogP contribution is 2.23. The molecule has 1 fully saturated rings. The van der Waals surface area contributed by atoms with Crippen LogP contribution in [0.1, 0.15) is 11.4 Å². The summed E-state index contributed by atoms with van der Waals surface area (Å²) in [4.78, 5) is 18.5. The number of aromatic nitrogens is 6. The zero-order valence-electron chi connectivity index (χ0n) is 15.5. The van der Waals surface area contributed by atoms with Gasteiger partial charge in [0.25, 0.3) is 0 Å². The molecule has 0 unspecified atom stereocenters. The van der Waals surface area contributed by atoms with Crippen LogP contribution in [0.2, 0.25) is 0 Å². The van der Waals surface area contributed by atoms with Crippen LogP contribution in [0.3, 0.4) is 0 Å². The first kappa shape index (κ1) is 16.9. The van der Waals surface area contributed by atoms with Crippen LogP contribution in [0.25, 0.3) is 11.2 Å². The minimum atomic E-state index is 0.660. The maximum atomic E-state index is 5.47. The van der Waals surface area contributed by atoms with E-state index in [0.29, 0.717) is 19.8 Å². The van der Waals surface area contributed by atoms with Gasteiger partial charge in [0, 0.05) is 45.5 Å². The van der Waals surface area contributed by atoms with Gasteiger partial charge in [0.05, 0.1) is 32.3 Å². The molecule has 9 nitrogen and oxygen atoms in total. The van der Waals surface area contributed by atoms with E-state index in [1.165, 1.54) is 5.56 Å². The number of anilines is 1. The van der Waals surface area contributed by atoms with Crippen LogP contribution in [-0.4, -0.2) is 67.6 Å². The molecule has 3 aromatic rings. The van der Waals surface area contributed by atoms with Gasteiger partial charge in [0.2, 0.25) is 0 Å². The van der Waals surface area contributed by atoms with Crippen molar-refractivity contribution in [2.75, 3.05) is 38.3 Å². The molecule has 0 aromatic carbocycles. The fraction of sp³-hybridized carbons (Fsp3) is 0.529. The van der Waals surface area contributed by atoms with Crippen molar-refractivity contribution < 1.29 is 4.74 Å². The predicted molar refractivity (Wildman–Crippen MR) is 97.7 cm³/mol. The normalized spacial score (nSPS) is 15.3. The third kappa shape index (κ3) is 3.40. The smallest absolute Gasteiger partial charge is 0.165 e. The zero-order chi connectivity index (χ0) is 18.1.